The number of amides is 1. The zero-order chi connectivity index (χ0) is 13.5. The van der Waals surface area contributed by atoms with Gasteiger partial charge < -0.3 is 10.0 Å². The van der Waals surface area contributed by atoms with Gasteiger partial charge in [-0.25, -0.2) is 0 Å². The summed E-state index contributed by atoms with van der Waals surface area (Å²) in [4.78, 5) is 13.7. The summed E-state index contributed by atoms with van der Waals surface area (Å²) < 4.78 is 0. The lowest BCUT2D eigenvalue weighted by Crippen LogP contribution is -2.41. The molecule has 0 saturated carbocycles. The van der Waals surface area contributed by atoms with E-state index in [0.29, 0.717) is 0 Å². The second-order valence-corrected chi connectivity index (χ2v) is 5.22. The van der Waals surface area contributed by atoms with Crippen molar-refractivity contribution in [2.45, 2.75) is 65.9 Å². The summed E-state index contributed by atoms with van der Waals surface area (Å²) in [6, 6.07) is 0. The van der Waals surface area contributed by atoms with E-state index in [0.717, 1.165) is 31.8 Å². The average molecular weight is 243 g/mol. The van der Waals surface area contributed by atoms with Crippen molar-refractivity contribution in [3.8, 4) is 0 Å². The van der Waals surface area contributed by atoms with Gasteiger partial charge in [0.1, 0.15) is 0 Å². The van der Waals surface area contributed by atoms with E-state index in [4.69, 9.17) is 0 Å². The van der Waals surface area contributed by atoms with Crippen molar-refractivity contribution in [1.29, 1.82) is 0 Å². The van der Waals surface area contributed by atoms with E-state index in [1.54, 1.807) is 13.8 Å². The smallest absolute Gasteiger partial charge is 0.225 e. The number of piperidine rings is 1. The molecule has 3 nitrogen and oxygen atoms in total. The molecule has 102 valence electrons. The molecule has 1 amide bonds. The van der Waals surface area contributed by atoms with Crippen LogP contribution in [0.5, 0.6) is 0 Å². The molecule has 3 heteroatoms. The third-order valence-corrected chi connectivity index (χ3v) is 3.13. The SMILES string of the molecule is CC.CCC1CCN(C(=O)CC(C)(C)O)CC1. The van der Waals surface area contributed by atoms with Crippen molar-refractivity contribution in [3.05, 3.63) is 0 Å². The average Bonchev–Trinajstić information content (AvgIpc) is 2.29. The predicted octanol–water partition coefficient (Wildman–Crippen LogP) is 2.82. The highest BCUT2D eigenvalue weighted by molar-refractivity contribution is 5.77. The molecular formula is C14H29NO2. The number of rotatable bonds is 3. The van der Waals surface area contributed by atoms with Crippen molar-refractivity contribution in [2.24, 2.45) is 5.92 Å². The number of aliphatic hydroxyl groups is 1. The first-order chi connectivity index (χ1) is 7.92. The van der Waals surface area contributed by atoms with E-state index < -0.39 is 5.60 Å². The van der Waals surface area contributed by atoms with Crippen LogP contribution in [0.1, 0.15) is 60.3 Å². The maximum Gasteiger partial charge on any atom is 0.225 e. The van der Waals surface area contributed by atoms with Gasteiger partial charge in [-0.15, -0.1) is 0 Å². The van der Waals surface area contributed by atoms with Crippen LogP contribution in [0, 0.1) is 5.92 Å². The summed E-state index contributed by atoms with van der Waals surface area (Å²) in [5.41, 5.74) is -0.876. The third-order valence-electron chi connectivity index (χ3n) is 3.13. The van der Waals surface area contributed by atoms with Crippen LogP contribution in [0.25, 0.3) is 0 Å². The number of hydrogen-bond donors (Lipinski definition) is 1. The maximum absolute atomic E-state index is 11.8. The molecule has 1 heterocycles. The minimum atomic E-state index is -0.876. The first kappa shape index (κ1) is 16.4. The maximum atomic E-state index is 11.8. The lowest BCUT2D eigenvalue weighted by molar-refractivity contribution is -0.136. The third kappa shape index (κ3) is 6.67. The van der Waals surface area contributed by atoms with Crippen molar-refractivity contribution in [3.63, 3.8) is 0 Å². The molecule has 0 aromatic heterocycles. The van der Waals surface area contributed by atoms with Gasteiger partial charge in [-0.2, -0.15) is 0 Å². The van der Waals surface area contributed by atoms with E-state index in [2.05, 4.69) is 6.92 Å². The molecule has 0 bridgehead atoms. The molecule has 0 aliphatic carbocycles. The Morgan fingerprint density at radius 3 is 2.12 bits per heavy atom. The molecule has 1 rings (SSSR count). The molecule has 0 aromatic carbocycles. The molecule has 0 aromatic rings. The fourth-order valence-corrected chi connectivity index (χ4v) is 2.07. The lowest BCUT2D eigenvalue weighted by Gasteiger charge is -2.33. The van der Waals surface area contributed by atoms with E-state index in [-0.39, 0.29) is 12.3 Å². The van der Waals surface area contributed by atoms with Crippen LogP contribution >= 0.6 is 0 Å². The van der Waals surface area contributed by atoms with Crippen LogP contribution in [0.3, 0.4) is 0 Å². The largest absolute Gasteiger partial charge is 0.390 e. The molecule has 1 fully saturated rings. The molecule has 0 unspecified atom stereocenters. The van der Waals surface area contributed by atoms with Gasteiger partial charge in [-0.1, -0.05) is 27.2 Å². The second kappa shape index (κ2) is 7.70. The van der Waals surface area contributed by atoms with Crippen LogP contribution in [0.2, 0.25) is 0 Å². The van der Waals surface area contributed by atoms with Gasteiger partial charge in [0, 0.05) is 13.1 Å². The minimum absolute atomic E-state index is 0.0945. The van der Waals surface area contributed by atoms with Gasteiger partial charge in [0.15, 0.2) is 0 Å². The fourth-order valence-electron chi connectivity index (χ4n) is 2.07. The van der Waals surface area contributed by atoms with E-state index in [9.17, 15) is 9.90 Å². The van der Waals surface area contributed by atoms with Crippen LogP contribution in [-0.2, 0) is 4.79 Å². The van der Waals surface area contributed by atoms with Crippen LogP contribution in [-0.4, -0.2) is 34.6 Å². The zero-order valence-electron chi connectivity index (χ0n) is 12.1. The Kier molecular flexibility index (Phi) is 7.44. The molecule has 1 saturated heterocycles. The Bertz CT molecular complexity index is 213. The number of nitrogens with zero attached hydrogens (tertiary/aromatic N) is 1. The second-order valence-electron chi connectivity index (χ2n) is 5.22. The normalized spacial score (nSPS) is 17.4. The highest BCUT2D eigenvalue weighted by Crippen LogP contribution is 2.21. The quantitative estimate of drug-likeness (QED) is 0.828. The highest BCUT2D eigenvalue weighted by atomic mass is 16.3. The number of carbonyl (C=O) groups excluding carboxylic acids is 1. The number of carbonyl (C=O) groups is 1. The summed E-state index contributed by atoms with van der Waals surface area (Å²) in [6.07, 6.45) is 3.69. The first-order valence-electron chi connectivity index (χ1n) is 6.92. The summed E-state index contributed by atoms with van der Waals surface area (Å²) in [7, 11) is 0. The Morgan fingerprint density at radius 1 is 1.29 bits per heavy atom. The highest BCUT2D eigenvalue weighted by Gasteiger charge is 2.25. The van der Waals surface area contributed by atoms with Gasteiger partial charge >= 0.3 is 0 Å². The van der Waals surface area contributed by atoms with Crippen molar-refractivity contribution in [1.82, 2.24) is 4.90 Å². The minimum Gasteiger partial charge on any atom is -0.390 e. The monoisotopic (exact) mass is 243 g/mol. The fraction of sp³-hybridized carbons (Fsp3) is 0.929. The van der Waals surface area contributed by atoms with Gasteiger partial charge in [-0.05, 0) is 32.6 Å². The summed E-state index contributed by atoms with van der Waals surface area (Å²) in [6.45, 7) is 11.3. The Labute approximate surface area is 106 Å². The van der Waals surface area contributed by atoms with Crippen molar-refractivity contribution < 1.29 is 9.90 Å². The molecule has 1 aliphatic rings. The zero-order valence-corrected chi connectivity index (χ0v) is 12.1. The van der Waals surface area contributed by atoms with Gasteiger partial charge in [0.05, 0.1) is 12.0 Å². The molecule has 1 N–H and O–H groups in total. The molecule has 17 heavy (non-hydrogen) atoms. The van der Waals surface area contributed by atoms with E-state index >= 15 is 0 Å². The summed E-state index contributed by atoms with van der Waals surface area (Å²) in [5, 5.41) is 9.57. The van der Waals surface area contributed by atoms with Crippen LogP contribution in [0.15, 0.2) is 0 Å². The Morgan fingerprint density at radius 2 is 1.76 bits per heavy atom. The molecule has 0 radical (unpaired) electrons. The molecule has 0 atom stereocenters. The molecular weight excluding hydrogens is 214 g/mol. The Hall–Kier alpha value is -0.570. The first-order valence-corrected chi connectivity index (χ1v) is 6.92. The van der Waals surface area contributed by atoms with E-state index in [1.807, 2.05) is 18.7 Å². The van der Waals surface area contributed by atoms with E-state index in [1.165, 1.54) is 6.42 Å². The van der Waals surface area contributed by atoms with Crippen molar-refractivity contribution in [2.75, 3.05) is 13.1 Å². The molecule has 0 spiro atoms. The number of hydrogen-bond acceptors (Lipinski definition) is 2. The van der Waals surface area contributed by atoms with Crippen LogP contribution in [0.4, 0.5) is 0 Å². The van der Waals surface area contributed by atoms with Gasteiger partial charge in [0.2, 0.25) is 5.91 Å². The number of likely N-dealkylation sites (tertiary alicyclic amines) is 1. The van der Waals surface area contributed by atoms with Crippen molar-refractivity contribution >= 4 is 5.91 Å². The van der Waals surface area contributed by atoms with Crippen LogP contribution < -0.4 is 0 Å². The Balaban J connectivity index is 0.00000121. The summed E-state index contributed by atoms with van der Waals surface area (Å²) in [5.74, 6) is 0.883. The van der Waals surface area contributed by atoms with Gasteiger partial charge in [0.25, 0.3) is 0 Å². The summed E-state index contributed by atoms with van der Waals surface area (Å²) >= 11 is 0. The topological polar surface area (TPSA) is 40.5 Å². The predicted molar refractivity (Wildman–Crippen MR) is 71.9 cm³/mol. The lowest BCUT2D eigenvalue weighted by atomic mass is 9.93. The standard InChI is InChI=1S/C12H23NO2.C2H6/c1-4-10-5-7-13(8-6-10)11(14)9-12(2,3)15;1-2/h10,15H,4-9H2,1-3H3;1-2H3. The molecule has 1 aliphatic heterocycles. The van der Waals surface area contributed by atoms with Gasteiger partial charge in [-0.3, -0.25) is 4.79 Å².